The number of benzene rings is 3. The van der Waals surface area contributed by atoms with Gasteiger partial charge in [0.25, 0.3) is 15.9 Å². The number of hydrogen-bond donors (Lipinski definition) is 1. The Morgan fingerprint density at radius 1 is 1.03 bits per heavy atom. The molecule has 0 bridgehead atoms. The van der Waals surface area contributed by atoms with Gasteiger partial charge in [-0.05, 0) is 42.8 Å². The van der Waals surface area contributed by atoms with Crippen LogP contribution in [0.1, 0.15) is 11.1 Å². The average molecular weight is 493 g/mol. The molecule has 172 valence electrons. The summed E-state index contributed by atoms with van der Waals surface area (Å²) < 4.78 is 27.8. The van der Waals surface area contributed by atoms with E-state index in [0.717, 1.165) is 15.2 Å². The minimum Gasteiger partial charge on any atom is -0.271 e. The molecular formula is C25H21ClN4O3S. The van der Waals surface area contributed by atoms with Gasteiger partial charge in [-0.1, -0.05) is 66.2 Å². The van der Waals surface area contributed by atoms with Gasteiger partial charge in [0, 0.05) is 10.9 Å². The monoisotopic (exact) mass is 492 g/mol. The minimum atomic E-state index is -3.99. The summed E-state index contributed by atoms with van der Waals surface area (Å²) in [6, 6.07) is 24.2. The second-order valence-corrected chi connectivity index (χ2v) is 9.69. The molecule has 7 nitrogen and oxygen atoms in total. The van der Waals surface area contributed by atoms with E-state index in [0.29, 0.717) is 16.8 Å². The lowest BCUT2D eigenvalue weighted by Crippen LogP contribution is -2.40. The Morgan fingerprint density at radius 3 is 2.47 bits per heavy atom. The Labute approximate surface area is 202 Å². The number of sulfonamides is 1. The van der Waals surface area contributed by atoms with Gasteiger partial charge in [0.1, 0.15) is 11.7 Å². The van der Waals surface area contributed by atoms with Crippen LogP contribution in [0.3, 0.4) is 0 Å². The van der Waals surface area contributed by atoms with E-state index in [9.17, 15) is 13.2 Å². The average Bonchev–Trinajstić information content (AvgIpc) is 2.84. The van der Waals surface area contributed by atoms with Gasteiger partial charge in [-0.3, -0.25) is 9.10 Å². The Hall–Kier alpha value is -3.75. The number of aromatic nitrogens is 1. The van der Waals surface area contributed by atoms with Gasteiger partial charge in [0.05, 0.1) is 22.3 Å². The highest BCUT2D eigenvalue weighted by atomic mass is 35.5. The molecule has 34 heavy (non-hydrogen) atoms. The predicted octanol–water partition coefficient (Wildman–Crippen LogP) is 4.54. The van der Waals surface area contributed by atoms with Crippen LogP contribution >= 0.6 is 11.6 Å². The van der Waals surface area contributed by atoms with E-state index in [2.05, 4.69) is 15.5 Å². The van der Waals surface area contributed by atoms with Gasteiger partial charge in [0.2, 0.25) is 0 Å². The van der Waals surface area contributed by atoms with Gasteiger partial charge in [-0.15, -0.1) is 0 Å². The van der Waals surface area contributed by atoms with Crippen LogP contribution in [0.25, 0.3) is 10.9 Å². The number of fused-ring (bicyclic) bond motifs is 1. The van der Waals surface area contributed by atoms with Crippen molar-refractivity contribution in [3.05, 3.63) is 101 Å². The molecule has 0 aliphatic rings. The van der Waals surface area contributed by atoms with Crippen LogP contribution in [-0.4, -0.2) is 32.1 Å². The molecule has 0 spiro atoms. The summed E-state index contributed by atoms with van der Waals surface area (Å²) >= 11 is 6.23. The van der Waals surface area contributed by atoms with E-state index in [1.54, 1.807) is 55.5 Å². The summed E-state index contributed by atoms with van der Waals surface area (Å²) in [5.41, 5.74) is 4.78. The fourth-order valence-corrected chi connectivity index (χ4v) is 5.10. The highest BCUT2D eigenvalue weighted by molar-refractivity contribution is 7.92. The van der Waals surface area contributed by atoms with Gasteiger partial charge in [-0.25, -0.2) is 18.8 Å². The largest absolute Gasteiger partial charge is 0.271 e. The molecule has 4 aromatic rings. The molecule has 4 rings (SSSR count). The highest BCUT2D eigenvalue weighted by Gasteiger charge is 2.28. The van der Waals surface area contributed by atoms with Gasteiger partial charge in [-0.2, -0.15) is 5.10 Å². The minimum absolute atomic E-state index is 0.0866. The lowest BCUT2D eigenvalue weighted by atomic mass is 10.2. The van der Waals surface area contributed by atoms with Crippen LogP contribution < -0.4 is 9.73 Å². The number of rotatable bonds is 7. The molecule has 0 saturated carbocycles. The van der Waals surface area contributed by atoms with E-state index in [4.69, 9.17) is 11.6 Å². The Bertz CT molecular complexity index is 1470. The van der Waals surface area contributed by atoms with Crippen molar-refractivity contribution >= 4 is 50.3 Å². The number of hydrazone groups is 1. The van der Waals surface area contributed by atoms with Gasteiger partial charge in [0.15, 0.2) is 0 Å². The first-order chi connectivity index (χ1) is 16.4. The lowest BCUT2D eigenvalue weighted by Gasteiger charge is -2.25. The van der Waals surface area contributed by atoms with Crippen LogP contribution in [0.15, 0.2) is 94.9 Å². The molecule has 0 radical (unpaired) electrons. The number of para-hydroxylation sites is 2. The van der Waals surface area contributed by atoms with Gasteiger partial charge < -0.3 is 0 Å². The fourth-order valence-electron chi connectivity index (χ4n) is 3.40. The van der Waals surface area contributed by atoms with E-state index in [1.807, 2.05) is 24.3 Å². The molecule has 0 fully saturated rings. The standard InChI is InChI=1S/C25H21ClN4O3S/c1-18-9-5-8-14-23(18)30(34(32,33)21-11-3-2-4-12-21)17-24(31)29-27-16-20-15-19-10-6-7-13-22(19)28-25(20)26/h2-16H,17H2,1H3,(H,29,31). The maximum atomic E-state index is 13.4. The number of hydrogen-bond acceptors (Lipinski definition) is 5. The SMILES string of the molecule is Cc1ccccc1N(CC(=O)NN=Cc1cc2ccccc2nc1Cl)S(=O)(=O)c1ccccc1. The van der Waals surface area contributed by atoms with E-state index in [1.165, 1.54) is 18.3 Å². The van der Waals surface area contributed by atoms with Crippen molar-refractivity contribution in [3.8, 4) is 0 Å². The van der Waals surface area contributed by atoms with E-state index >= 15 is 0 Å². The Balaban J connectivity index is 1.57. The number of anilines is 1. The maximum Gasteiger partial charge on any atom is 0.264 e. The van der Waals surface area contributed by atoms with Crippen molar-refractivity contribution in [3.63, 3.8) is 0 Å². The van der Waals surface area contributed by atoms with Crippen molar-refractivity contribution < 1.29 is 13.2 Å². The topological polar surface area (TPSA) is 91.7 Å². The molecule has 0 aliphatic carbocycles. The molecule has 0 unspecified atom stereocenters. The normalized spacial score (nSPS) is 11.6. The summed E-state index contributed by atoms with van der Waals surface area (Å²) in [7, 11) is -3.99. The first-order valence-corrected chi connectivity index (χ1v) is 12.2. The first kappa shape index (κ1) is 23.4. The smallest absolute Gasteiger partial charge is 0.264 e. The van der Waals surface area contributed by atoms with E-state index in [-0.39, 0.29) is 10.0 Å². The third-order valence-corrected chi connectivity index (χ3v) is 7.18. The maximum absolute atomic E-state index is 13.4. The summed E-state index contributed by atoms with van der Waals surface area (Å²) in [6.07, 6.45) is 1.38. The molecule has 0 saturated heterocycles. The Morgan fingerprint density at radius 2 is 1.71 bits per heavy atom. The quantitative estimate of drug-likeness (QED) is 0.233. The number of carbonyl (C=O) groups excluding carboxylic acids is 1. The van der Waals surface area contributed by atoms with Crippen LogP contribution in [0.4, 0.5) is 5.69 Å². The molecule has 1 amide bonds. The molecule has 1 aromatic heterocycles. The predicted molar refractivity (Wildman–Crippen MR) is 135 cm³/mol. The molecule has 9 heteroatoms. The van der Waals surface area contributed by atoms with Crippen molar-refractivity contribution in [1.29, 1.82) is 0 Å². The molecular weight excluding hydrogens is 472 g/mol. The van der Waals surface area contributed by atoms with Crippen molar-refractivity contribution in [2.24, 2.45) is 5.10 Å². The van der Waals surface area contributed by atoms with Crippen LogP contribution in [-0.2, 0) is 14.8 Å². The lowest BCUT2D eigenvalue weighted by molar-refractivity contribution is -0.119. The molecule has 1 N–H and O–H groups in total. The number of pyridine rings is 1. The number of amides is 1. The zero-order chi connectivity index (χ0) is 24.1. The first-order valence-electron chi connectivity index (χ1n) is 10.4. The number of aryl methyl sites for hydroxylation is 1. The Kier molecular flexibility index (Phi) is 6.90. The van der Waals surface area contributed by atoms with Crippen LogP contribution in [0, 0.1) is 6.92 Å². The highest BCUT2D eigenvalue weighted by Crippen LogP contribution is 2.26. The summed E-state index contributed by atoms with van der Waals surface area (Å²) in [5, 5.41) is 5.08. The number of halogens is 1. The molecule has 1 heterocycles. The third-order valence-electron chi connectivity index (χ3n) is 5.10. The van der Waals surface area contributed by atoms with Crippen molar-refractivity contribution in [2.45, 2.75) is 11.8 Å². The zero-order valence-corrected chi connectivity index (χ0v) is 19.8. The second-order valence-electron chi connectivity index (χ2n) is 7.47. The zero-order valence-electron chi connectivity index (χ0n) is 18.2. The van der Waals surface area contributed by atoms with Crippen LogP contribution in [0.5, 0.6) is 0 Å². The second kappa shape index (κ2) is 10.0. The summed E-state index contributed by atoms with van der Waals surface area (Å²) in [6.45, 7) is 1.33. The molecule has 3 aromatic carbocycles. The third kappa shape index (κ3) is 5.08. The van der Waals surface area contributed by atoms with Crippen LogP contribution in [0.2, 0.25) is 5.15 Å². The van der Waals surface area contributed by atoms with Crippen molar-refractivity contribution in [2.75, 3.05) is 10.8 Å². The summed E-state index contributed by atoms with van der Waals surface area (Å²) in [4.78, 5) is 17.1. The number of nitrogens with zero attached hydrogens (tertiary/aromatic N) is 3. The molecule has 0 atom stereocenters. The van der Waals surface area contributed by atoms with Gasteiger partial charge >= 0.3 is 0 Å². The summed E-state index contributed by atoms with van der Waals surface area (Å²) in [5.74, 6) is -0.608. The van der Waals surface area contributed by atoms with E-state index < -0.39 is 22.5 Å². The molecule has 0 aliphatic heterocycles. The number of carbonyl (C=O) groups is 1. The van der Waals surface area contributed by atoms with Crippen molar-refractivity contribution in [1.82, 2.24) is 10.4 Å². The number of nitrogens with one attached hydrogen (secondary N) is 1. The fraction of sp³-hybridized carbons (Fsp3) is 0.0800.